The number of benzene rings is 1. The van der Waals surface area contributed by atoms with Crippen LogP contribution in [-0.4, -0.2) is 28.5 Å². The topological polar surface area (TPSA) is 137 Å². The maximum atomic E-state index is 12.7. The van der Waals surface area contributed by atoms with Crippen LogP contribution in [0.2, 0.25) is 0 Å². The molecule has 1 aliphatic carbocycles. The third kappa shape index (κ3) is 5.53. The lowest BCUT2D eigenvalue weighted by Crippen LogP contribution is -2.34. The van der Waals surface area contributed by atoms with E-state index < -0.39 is 16.7 Å². The van der Waals surface area contributed by atoms with E-state index >= 15 is 0 Å². The van der Waals surface area contributed by atoms with Crippen LogP contribution in [-0.2, 0) is 12.8 Å². The number of hydrogen-bond donors (Lipinski definition) is 3. The Morgan fingerprint density at radius 2 is 2.06 bits per heavy atom. The van der Waals surface area contributed by atoms with Gasteiger partial charge in [0.05, 0.1) is 17.1 Å². The minimum absolute atomic E-state index is 0.0324. The Morgan fingerprint density at radius 1 is 1.35 bits per heavy atom. The molecule has 2 amide bonds. The average molecular weight is 505 g/mol. The fourth-order valence-electron chi connectivity index (χ4n) is 4.06. The summed E-state index contributed by atoms with van der Waals surface area (Å²) in [6.07, 6.45) is 2.56. The number of nitro groups is 1. The van der Waals surface area contributed by atoms with E-state index in [1.54, 1.807) is 6.92 Å². The molecule has 0 spiro atoms. The van der Waals surface area contributed by atoms with Crippen molar-refractivity contribution in [3.8, 4) is 5.75 Å². The normalized spacial score (nSPS) is 15.2. The summed E-state index contributed by atoms with van der Waals surface area (Å²) in [4.78, 5) is 36.7. The van der Waals surface area contributed by atoms with Crippen LogP contribution in [0, 0.1) is 21.4 Å². The zero-order valence-electron chi connectivity index (χ0n) is 19.5. The first-order valence-electron chi connectivity index (χ1n) is 10.9. The summed E-state index contributed by atoms with van der Waals surface area (Å²) >= 11 is 6.70. The minimum Gasteiger partial charge on any atom is -0.487 e. The molecule has 1 aromatic heterocycles. The molecular formula is C23H28N4O5S2. The Balaban J connectivity index is 1.78. The Kier molecular flexibility index (Phi) is 7.57. The number of thiophene rings is 1. The van der Waals surface area contributed by atoms with Gasteiger partial charge >= 0.3 is 5.69 Å². The summed E-state index contributed by atoms with van der Waals surface area (Å²) in [7, 11) is 0. The second-order valence-electron chi connectivity index (χ2n) is 9.16. The number of anilines is 1. The van der Waals surface area contributed by atoms with Crippen molar-refractivity contribution in [1.29, 1.82) is 0 Å². The molecule has 0 saturated carbocycles. The number of primary amides is 1. The lowest BCUT2D eigenvalue weighted by molar-refractivity contribution is -0.385. The van der Waals surface area contributed by atoms with Crippen molar-refractivity contribution in [2.45, 2.75) is 47.0 Å². The van der Waals surface area contributed by atoms with Crippen molar-refractivity contribution in [2.75, 3.05) is 11.9 Å². The van der Waals surface area contributed by atoms with E-state index in [-0.39, 0.29) is 34.1 Å². The highest BCUT2D eigenvalue weighted by Crippen LogP contribution is 2.44. The Bertz CT molecular complexity index is 1150. The van der Waals surface area contributed by atoms with Crippen molar-refractivity contribution in [3.05, 3.63) is 49.9 Å². The number of fused-ring (bicyclic) bond motifs is 1. The molecule has 11 heteroatoms. The molecule has 9 nitrogen and oxygen atoms in total. The van der Waals surface area contributed by atoms with Crippen molar-refractivity contribution in [1.82, 2.24) is 5.32 Å². The lowest BCUT2D eigenvalue weighted by atomic mass is 9.72. The minimum atomic E-state index is -0.626. The maximum Gasteiger partial charge on any atom is 0.311 e. The number of nitrogens with two attached hydrogens (primary N) is 1. The molecule has 1 unspecified atom stereocenters. The number of carbonyl (C=O) groups is 2. The van der Waals surface area contributed by atoms with Gasteiger partial charge in [-0.3, -0.25) is 25.0 Å². The third-order valence-corrected chi connectivity index (χ3v) is 7.28. The molecule has 182 valence electrons. The van der Waals surface area contributed by atoms with Gasteiger partial charge in [-0.15, -0.1) is 11.3 Å². The zero-order chi connectivity index (χ0) is 25.2. The van der Waals surface area contributed by atoms with E-state index in [0.29, 0.717) is 16.5 Å². The molecule has 1 atom stereocenters. The number of amides is 2. The van der Waals surface area contributed by atoms with E-state index in [9.17, 15) is 19.7 Å². The van der Waals surface area contributed by atoms with Crippen molar-refractivity contribution in [3.63, 3.8) is 0 Å². The second kappa shape index (κ2) is 10.1. The van der Waals surface area contributed by atoms with Gasteiger partial charge < -0.3 is 15.8 Å². The summed E-state index contributed by atoms with van der Waals surface area (Å²) < 4.78 is 5.24. The van der Waals surface area contributed by atoms with Gasteiger partial charge in [0.15, 0.2) is 10.9 Å². The van der Waals surface area contributed by atoms with Crippen LogP contribution < -0.4 is 21.1 Å². The number of rotatable bonds is 6. The number of hydrogen-bond acceptors (Lipinski definition) is 7. The fraction of sp³-hybridized carbons (Fsp3) is 0.435. The summed E-state index contributed by atoms with van der Waals surface area (Å²) in [6, 6.07) is 3.92. The summed E-state index contributed by atoms with van der Waals surface area (Å²) in [5.74, 6) is -0.619. The van der Waals surface area contributed by atoms with E-state index in [0.717, 1.165) is 35.8 Å². The molecule has 0 fully saturated rings. The largest absolute Gasteiger partial charge is 0.487 e. The molecule has 2 aromatic rings. The predicted molar refractivity (Wildman–Crippen MR) is 136 cm³/mol. The number of nitrogens with zero attached hydrogens (tertiary/aromatic N) is 1. The fourth-order valence-corrected chi connectivity index (χ4v) is 5.66. The van der Waals surface area contributed by atoms with Gasteiger partial charge in [0.2, 0.25) is 0 Å². The predicted octanol–water partition coefficient (Wildman–Crippen LogP) is 4.43. The molecule has 0 radical (unpaired) electrons. The van der Waals surface area contributed by atoms with Gasteiger partial charge in [-0.25, -0.2) is 0 Å². The molecule has 34 heavy (non-hydrogen) atoms. The molecular weight excluding hydrogens is 476 g/mol. The van der Waals surface area contributed by atoms with Crippen LogP contribution >= 0.6 is 23.6 Å². The van der Waals surface area contributed by atoms with Crippen LogP contribution in [0.25, 0.3) is 0 Å². The molecule has 3 rings (SSSR count). The molecule has 0 saturated heterocycles. The van der Waals surface area contributed by atoms with Gasteiger partial charge in [-0.05, 0) is 67.4 Å². The summed E-state index contributed by atoms with van der Waals surface area (Å²) in [5.41, 5.74) is 6.90. The first-order valence-corrected chi connectivity index (χ1v) is 12.1. The van der Waals surface area contributed by atoms with Crippen LogP contribution in [0.4, 0.5) is 10.7 Å². The zero-order valence-corrected chi connectivity index (χ0v) is 21.2. The van der Waals surface area contributed by atoms with E-state index in [1.807, 2.05) is 0 Å². The summed E-state index contributed by atoms with van der Waals surface area (Å²) in [6.45, 7) is 8.59. The lowest BCUT2D eigenvalue weighted by Gasteiger charge is -2.33. The maximum absolute atomic E-state index is 12.7. The number of ether oxygens (including phenoxy) is 1. The van der Waals surface area contributed by atoms with Crippen LogP contribution in [0.5, 0.6) is 5.75 Å². The number of nitro benzene ring substituents is 1. The van der Waals surface area contributed by atoms with E-state index in [2.05, 4.69) is 31.4 Å². The number of thiocarbonyl (C=S) groups is 1. The van der Waals surface area contributed by atoms with Gasteiger partial charge in [-0.2, -0.15) is 0 Å². The molecule has 0 bridgehead atoms. The van der Waals surface area contributed by atoms with E-state index in [1.165, 1.54) is 23.5 Å². The van der Waals surface area contributed by atoms with Crippen molar-refractivity contribution >= 4 is 51.2 Å². The standard InChI is InChI=1S/C23H28N4O5S2/c1-5-32-16-9-6-12(10-15(16)27(30)31)20(29)25-22(33)26-21-18(19(24)28)14-8-7-13(23(2,3)4)11-17(14)34-21/h6,9-10,13H,5,7-8,11H2,1-4H3,(H2,24,28)(H2,25,26,29,33). The smallest absolute Gasteiger partial charge is 0.311 e. The molecule has 1 aromatic carbocycles. The van der Waals surface area contributed by atoms with Gasteiger partial charge in [0, 0.05) is 16.5 Å². The Labute approximate surface area is 207 Å². The van der Waals surface area contributed by atoms with Crippen molar-refractivity contribution in [2.24, 2.45) is 17.1 Å². The van der Waals surface area contributed by atoms with Gasteiger partial charge in [0.25, 0.3) is 11.8 Å². The molecule has 1 aliphatic rings. The average Bonchev–Trinajstić information content (AvgIpc) is 3.10. The quantitative estimate of drug-likeness (QED) is 0.301. The molecule has 0 aliphatic heterocycles. The Hall–Kier alpha value is -3.05. The summed E-state index contributed by atoms with van der Waals surface area (Å²) in [5, 5.41) is 17.2. The number of nitrogens with one attached hydrogen (secondary N) is 2. The highest BCUT2D eigenvalue weighted by Gasteiger charge is 2.33. The molecule has 4 N–H and O–H groups in total. The van der Waals surface area contributed by atoms with Crippen LogP contribution in [0.1, 0.15) is 65.3 Å². The second-order valence-corrected chi connectivity index (χ2v) is 10.7. The first-order chi connectivity index (χ1) is 15.9. The first kappa shape index (κ1) is 25.6. The third-order valence-electron chi connectivity index (χ3n) is 5.91. The van der Waals surface area contributed by atoms with Crippen LogP contribution in [0.3, 0.4) is 0 Å². The highest BCUT2D eigenvalue weighted by atomic mass is 32.1. The van der Waals surface area contributed by atoms with Gasteiger partial charge in [-0.1, -0.05) is 20.8 Å². The molecule has 1 heterocycles. The van der Waals surface area contributed by atoms with Crippen molar-refractivity contribution < 1.29 is 19.2 Å². The van der Waals surface area contributed by atoms with Gasteiger partial charge in [0.1, 0.15) is 5.00 Å². The monoisotopic (exact) mass is 504 g/mol. The SMILES string of the molecule is CCOc1ccc(C(=O)NC(=S)Nc2sc3c(c2C(N)=O)CCC(C(C)(C)C)C3)cc1[N+](=O)[O-]. The van der Waals surface area contributed by atoms with E-state index in [4.69, 9.17) is 22.7 Å². The van der Waals surface area contributed by atoms with Crippen LogP contribution in [0.15, 0.2) is 18.2 Å². The highest BCUT2D eigenvalue weighted by molar-refractivity contribution is 7.80. The Morgan fingerprint density at radius 3 is 2.65 bits per heavy atom. The number of carbonyl (C=O) groups excluding carboxylic acids is 2.